The van der Waals surface area contributed by atoms with Crippen LogP contribution in [0.25, 0.3) is 0 Å². The molecule has 2 rings (SSSR count). The quantitative estimate of drug-likeness (QED) is 0.765. The van der Waals surface area contributed by atoms with Crippen LogP contribution < -0.4 is 16.0 Å². The number of benzene rings is 1. The smallest absolute Gasteiger partial charge is 0.218 e. The maximum atomic E-state index is 10.6. The Kier molecular flexibility index (Phi) is 5.21. The Bertz CT molecular complexity index is 396. The van der Waals surface area contributed by atoms with E-state index in [2.05, 4.69) is 34.5 Å². The van der Waals surface area contributed by atoms with Crippen molar-refractivity contribution < 1.29 is 4.79 Å². The van der Waals surface area contributed by atoms with Gasteiger partial charge in [0.1, 0.15) is 0 Å². The third kappa shape index (κ3) is 4.56. The fraction of sp³-hybridized carbons (Fsp3) is 0.533. The van der Waals surface area contributed by atoms with E-state index >= 15 is 0 Å². The fourth-order valence-electron chi connectivity index (χ4n) is 2.42. The van der Waals surface area contributed by atoms with E-state index in [0.717, 1.165) is 6.54 Å². The number of rotatable bonds is 6. The highest BCUT2D eigenvalue weighted by Gasteiger charge is 2.10. The lowest BCUT2D eigenvalue weighted by Gasteiger charge is -2.28. The number of hydrogen-bond acceptors (Lipinski definition) is 3. The van der Waals surface area contributed by atoms with Crippen LogP contribution in [0.2, 0.25) is 0 Å². The highest BCUT2D eigenvalue weighted by Crippen LogP contribution is 2.20. The second kappa shape index (κ2) is 7.14. The summed E-state index contributed by atoms with van der Waals surface area (Å²) in [6, 6.07) is 8.69. The molecule has 104 valence electrons. The Hall–Kier alpha value is -1.55. The Morgan fingerprint density at radius 3 is 2.47 bits per heavy atom. The minimum absolute atomic E-state index is 0.257. The van der Waals surface area contributed by atoms with Gasteiger partial charge in [-0.05, 0) is 37.0 Å². The van der Waals surface area contributed by atoms with Crippen LogP contribution in [0, 0.1) is 0 Å². The molecule has 1 aliphatic rings. The summed E-state index contributed by atoms with van der Waals surface area (Å²) in [5.74, 6) is -0.257. The first-order chi connectivity index (χ1) is 9.25. The molecule has 1 aliphatic heterocycles. The molecule has 1 aromatic carbocycles. The number of hydrogen-bond donors (Lipinski definition) is 2. The lowest BCUT2D eigenvalue weighted by atomic mass is 10.1. The summed E-state index contributed by atoms with van der Waals surface area (Å²) in [5.41, 5.74) is 7.65. The molecule has 1 amide bonds. The van der Waals surface area contributed by atoms with Crippen LogP contribution in [0.4, 0.5) is 5.69 Å². The number of nitrogens with zero attached hydrogens (tertiary/aromatic N) is 1. The second-order valence-electron chi connectivity index (χ2n) is 5.11. The van der Waals surface area contributed by atoms with Gasteiger partial charge in [-0.15, -0.1) is 0 Å². The van der Waals surface area contributed by atoms with E-state index in [-0.39, 0.29) is 5.91 Å². The second-order valence-corrected chi connectivity index (χ2v) is 5.11. The highest BCUT2D eigenvalue weighted by atomic mass is 16.1. The average molecular weight is 261 g/mol. The number of amides is 1. The molecule has 4 nitrogen and oxygen atoms in total. The highest BCUT2D eigenvalue weighted by molar-refractivity contribution is 5.73. The van der Waals surface area contributed by atoms with Crippen molar-refractivity contribution >= 4 is 11.6 Å². The Labute approximate surface area is 115 Å². The van der Waals surface area contributed by atoms with Gasteiger partial charge in [0.05, 0.1) is 0 Å². The van der Waals surface area contributed by atoms with Gasteiger partial charge >= 0.3 is 0 Å². The monoisotopic (exact) mass is 261 g/mol. The molecule has 0 bridgehead atoms. The largest absolute Gasteiger partial charge is 0.372 e. The number of carbonyl (C=O) groups is 1. The van der Waals surface area contributed by atoms with E-state index in [9.17, 15) is 4.79 Å². The van der Waals surface area contributed by atoms with Crippen molar-refractivity contribution in [2.45, 2.75) is 32.2 Å². The summed E-state index contributed by atoms with van der Waals surface area (Å²) in [7, 11) is 0. The predicted molar refractivity (Wildman–Crippen MR) is 78.0 cm³/mol. The van der Waals surface area contributed by atoms with Crippen molar-refractivity contribution in [3.63, 3.8) is 0 Å². The normalized spacial score (nSPS) is 15.5. The summed E-state index contributed by atoms with van der Waals surface area (Å²) in [4.78, 5) is 13.1. The van der Waals surface area contributed by atoms with Crippen LogP contribution in [-0.2, 0) is 11.3 Å². The van der Waals surface area contributed by atoms with Crippen LogP contribution in [0.15, 0.2) is 24.3 Å². The molecule has 1 heterocycles. The standard InChI is InChI=1S/C15H23N3O/c16-15(19)8-9-17-12-13-4-6-14(7-5-13)18-10-2-1-3-11-18/h4-7,17H,1-3,8-12H2,(H2,16,19). The number of primary amides is 1. The minimum atomic E-state index is -0.257. The maximum Gasteiger partial charge on any atom is 0.218 e. The molecular weight excluding hydrogens is 238 g/mol. The molecule has 19 heavy (non-hydrogen) atoms. The van der Waals surface area contributed by atoms with Gasteiger partial charge in [0.25, 0.3) is 0 Å². The zero-order chi connectivity index (χ0) is 13.5. The zero-order valence-electron chi connectivity index (χ0n) is 11.4. The van der Waals surface area contributed by atoms with Crippen molar-refractivity contribution in [1.82, 2.24) is 5.32 Å². The lowest BCUT2D eigenvalue weighted by molar-refractivity contribution is -0.117. The molecule has 1 saturated heterocycles. The van der Waals surface area contributed by atoms with Gasteiger partial charge < -0.3 is 16.0 Å². The SMILES string of the molecule is NC(=O)CCNCc1ccc(N2CCCCC2)cc1. The Morgan fingerprint density at radius 2 is 1.84 bits per heavy atom. The number of nitrogens with one attached hydrogen (secondary N) is 1. The summed E-state index contributed by atoms with van der Waals surface area (Å²) in [6.07, 6.45) is 4.36. The molecule has 1 fully saturated rings. The number of anilines is 1. The van der Waals surface area contributed by atoms with Crippen LogP contribution in [0.5, 0.6) is 0 Å². The Balaban J connectivity index is 1.79. The molecule has 4 heteroatoms. The van der Waals surface area contributed by atoms with Gasteiger partial charge in [0.15, 0.2) is 0 Å². The van der Waals surface area contributed by atoms with Gasteiger partial charge in [0.2, 0.25) is 5.91 Å². The van der Waals surface area contributed by atoms with Gasteiger partial charge in [-0.3, -0.25) is 4.79 Å². The van der Waals surface area contributed by atoms with Crippen LogP contribution in [0.1, 0.15) is 31.2 Å². The zero-order valence-corrected chi connectivity index (χ0v) is 11.4. The summed E-state index contributed by atoms with van der Waals surface area (Å²) < 4.78 is 0. The molecule has 0 radical (unpaired) electrons. The molecule has 0 spiro atoms. The lowest BCUT2D eigenvalue weighted by Crippen LogP contribution is -2.29. The maximum absolute atomic E-state index is 10.6. The third-order valence-corrected chi connectivity index (χ3v) is 3.53. The van der Waals surface area contributed by atoms with Crippen LogP contribution in [-0.4, -0.2) is 25.5 Å². The van der Waals surface area contributed by atoms with Crippen molar-refractivity contribution in [3.05, 3.63) is 29.8 Å². The van der Waals surface area contributed by atoms with Crippen molar-refractivity contribution in [2.75, 3.05) is 24.5 Å². The molecule has 0 aromatic heterocycles. The summed E-state index contributed by atoms with van der Waals surface area (Å²) in [6.45, 7) is 3.78. The van der Waals surface area contributed by atoms with Gasteiger partial charge in [-0.25, -0.2) is 0 Å². The molecule has 0 aliphatic carbocycles. The number of piperidine rings is 1. The fourth-order valence-corrected chi connectivity index (χ4v) is 2.42. The topological polar surface area (TPSA) is 58.4 Å². The van der Waals surface area contributed by atoms with E-state index in [0.29, 0.717) is 13.0 Å². The molecular formula is C15H23N3O. The molecule has 3 N–H and O–H groups in total. The van der Waals surface area contributed by atoms with Gasteiger partial charge in [-0.1, -0.05) is 12.1 Å². The van der Waals surface area contributed by atoms with Crippen molar-refractivity contribution in [2.24, 2.45) is 5.73 Å². The van der Waals surface area contributed by atoms with E-state index in [1.165, 1.54) is 43.6 Å². The molecule has 0 atom stereocenters. The minimum Gasteiger partial charge on any atom is -0.372 e. The molecule has 1 aromatic rings. The summed E-state index contributed by atoms with van der Waals surface area (Å²) in [5, 5.41) is 3.22. The first-order valence-electron chi connectivity index (χ1n) is 7.08. The van der Waals surface area contributed by atoms with Crippen molar-refractivity contribution in [3.8, 4) is 0 Å². The molecule has 0 unspecified atom stereocenters. The van der Waals surface area contributed by atoms with Gasteiger partial charge in [-0.2, -0.15) is 0 Å². The van der Waals surface area contributed by atoms with E-state index in [1.807, 2.05) is 0 Å². The number of nitrogens with two attached hydrogens (primary N) is 1. The van der Waals surface area contributed by atoms with E-state index in [4.69, 9.17) is 5.73 Å². The van der Waals surface area contributed by atoms with Gasteiger partial charge in [0, 0.05) is 38.3 Å². The van der Waals surface area contributed by atoms with E-state index < -0.39 is 0 Å². The summed E-state index contributed by atoms with van der Waals surface area (Å²) >= 11 is 0. The first kappa shape index (κ1) is 13.9. The van der Waals surface area contributed by atoms with E-state index in [1.54, 1.807) is 0 Å². The average Bonchev–Trinajstić information content (AvgIpc) is 2.45. The first-order valence-corrected chi connectivity index (χ1v) is 7.08. The van der Waals surface area contributed by atoms with Crippen LogP contribution >= 0.6 is 0 Å². The Morgan fingerprint density at radius 1 is 1.16 bits per heavy atom. The number of carbonyl (C=O) groups excluding carboxylic acids is 1. The van der Waals surface area contributed by atoms with Crippen molar-refractivity contribution in [1.29, 1.82) is 0 Å². The third-order valence-electron chi connectivity index (χ3n) is 3.53. The molecule has 0 saturated carbocycles. The predicted octanol–water partition coefficient (Wildman–Crippen LogP) is 1.64. The van der Waals surface area contributed by atoms with Crippen LogP contribution in [0.3, 0.4) is 0 Å².